The SMILES string of the molecule is O=C(O)c1ccc(N2CCCCc3ccccc32)s1. The van der Waals surface area contributed by atoms with Crippen molar-refractivity contribution in [2.24, 2.45) is 0 Å². The van der Waals surface area contributed by atoms with Crippen LogP contribution in [0.25, 0.3) is 0 Å². The summed E-state index contributed by atoms with van der Waals surface area (Å²) in [5.74, 6) is -0.848. The van der Waals surface area contributed by atoms with Gasteiger partial charge >= 0.3 is 5.97 Å². The number of hydrogen-bond donors (Lipinski definition) is 1. The molecule has 0 saturated carbocycles. The maximum atomic E-state index is 11.0. The van der Waals surface area contributed by atoms with Crippen LogP contribution in [0.2, 0.25) is 0 Å². The zero-order valence-electron chi connectivity index (χ0n) is 10.5. The van der Waals surface area contributed by atoms with Crippen LogP contribution in [0.15, 0.2) is 36.4 Å². The number of benzene rings is 1. The second kappa shape index (κ2) is 5.05. The van der Waals surface area contributed by atoms with Crippen LogP contribution >= 0.6 is 11.3 Å². The number of carboxylic acids is 1. The van der Waals surface area contributed by atoms with Crippen molar-refractivity contribution in [1.82, 2.24) is 0 Å². The van der Waals surface area contributed by atoms with Crippen LogP contribution < -0.4 is 4.90 Å². The Morgan fingerprint density at radius 2 is 2.00 bits per heavy atom. The molecule has 1 aromatic carbocycles. The van der Waals surface area contributed by atoms with Gasteiger partial charge in [-0.2, -0.15) is 0 Å². The van der Waals surface area contributed by atoms with Crippen molar-refractivity contribution in [2.45, 2.75) is 19.3 Å². The lowest BCUT2D eigenvalue weighted by Crippen LogP contribution is -2.16. The molecule has 0 spiro atoms. The summed E-state index contributed by atoms with van der Waals surface area (Å²) < 4.78 is 0. The van der Waals surface area contributed by atoms with Gasteiger partial charge in [0.05, 0.1) is 5.00 Å². The third-order valence-electron chi connectivity index (χ3n) is 3.43. The summed E-state index contributed by atoms with van der Waals surface area (Å²) in [6.45, 7) is 0.955. The second-order valence-electron chi connectivity index (χ2n) is 4.68. The number of aromatic carboxylic acids is 1. The number of carboxylic acid groups (broad SMARTS) is 1. The van der Waals surface area contributed by atoms with Crippen LogP contribution in [-0.4, -0.2) is 17.6 Å². The number of para-hydroxylation sites is 1. The molecule has 3 rings (SSSR count). The fourth-order valence-electron chi connectivity index (χ4n) is 2.51. The molecule has 1 N–H and O–H groups in total. The highest BCUT2D eigenvalue weighted by atomic mass is 32.1. The molecule has 2 aromatic rings. The molecule has 0 amide bonds. The van der Waals surface area contributed by atoms with Crippen molar-refractivity contribution in [1.29, 1.82) is 0 Å². The van der Waals surface area contributed by atoms with E-state index in [-0.39, 0.29) is 0 Å². The first-order chi connectivity index (χ1) is 9.25. The van der Waals surface area contributed by atoms with Crippen molar-refractivity contribution in [3.8, 4) is 0 Å². The minimum absolute atomic E-state index is 0.400. The summed E-state index contributed by atoms with van der Waals surface area (Å²) in [5, 5.41) is 10.1. The zero-order chi connectivity index (χ0) is 13.2. The molecule has 0 atom stereocenters. The highest BCUT2D eigenvalue weighted by Gasteiger charge is 2.18. The topological polar surface area (TPSA) is 40.5 Å². The molecule has 1 aliphatic rings. The van der Waals surface area contributed by atoms with E-state index in [1.54, 1.807) is 6.07 Å². The fourth-order valence-corrected chi connectivity index (χ4v) is 3.39. The Morgan fingerprint density at radius 1 is 1.16 bits per heavy atom. The smallest absolute Gasteiger partial charge is 0.345 e. The minimum Gasteiger partial charge on any atom is -0.477 e. The van der Waals surface area contributed by atoms with Crippen LogP contribution in [0.3, 0.4) is 0 Å². The van der Waals surface area contributed by atoms with Gasteiger partial charge < -0.3 is 10.0 Å². The van der Waals surface area contributed by atoms with E-state index < -0.39 is 5.97 Å². The lowest BCUT2D eigenvalue weighted by Gasteiger charge is -2.23. The highest BCUT2D eigenvalue weighted by Crippen LogP contribution is 2.36. The Hall–Kier alpha value is -1.81. The quantitative estimate of drug-likeness (QED) is 0.901. The third-order valence-corrected chi connectivity index (χ3v) is 4.53. The monoisotopic (exact) mass is 273 g/mol. The molecule has 0 unspecified atom stereocenters. The molecule has 0 radical (unpaired) electrons. The van der Waals surface area contributed by atoms with Crippen LogP contribution in [0.5, 0.6) is 0 Å². The summed E-state index contributed by atoms with van der Waals surface area (Å²) in [6, 6.07) is 12.0. The van der Waals surface area contributed by atoms with Gasteiger partial charge in [0.15, 0.2) is 0 Å². The predicted molar refractivity (Wildman–Crippen MR) is 77.7 cm³/mol. The first-order valence-electron chi connectivity index (χ1n) is 6.44. The Labute approximate surface area is 116 Å². The Balaban J connectivity index is 2.01. The van der Waals surface area contributed by atoms with Crippen molar-refractivity contribution >= 4 is 28.0 Å². The average molecular weight is 273 g/mol. The summed E-state index contributed by atoms with van der Waals surface area (Å²) in [6.07, 6.45) is 3.42. The second-order valence-corrected chi connectivity index (χ2v) is 5.74. The minimum atomic E-state index is -0.848. The van der Waals surface area contributed by atoms with Crippen molar-refractivity contribution in [3.05, 3.63) is 46.8 Å². The van der Waals surface area contributed by atoms with E-state index >= 15 is 0 Å². The molecule has 0 saturated heterocycles. The first kappa shape index (κ1) is 12.2. The summed E-state index contributed by atoms with van der Waals surface area (Å²) >= 11 is 1.35. The van der Waals surface area contributed by atoms with E-state index in [1.165, 1.54) is 29.0 Å². The summed E-state index contributed by atoms with van der Waals surface area (Å²) in [5.41, 5.74) is 2.57. The van der Waals surface area contributed by atoms with Gasteiger partial charge in [0.25, 0.3) is 0 Å². The maximum absolute atomic E-state index is 11.0. The van der Waals surface area contributed by atoms with Crippen LogP contribution in [0.4, 0.5) is 10.7 Å². The van der Waals surface area contributed by atoms with E-state index in [4.69, 9.17) is 5.11 Å². The summed E-state index contributed by atoms with van der Waals surface area (Å²) in [7, 11) is 0. The Bertz CT molecular complexity index is 606. The van der Waals surface area contributed by atoms with E-state index in [2.05, 4.69) is 23.1 Å². The van der Waals surface area contributed by atoms with Gasteiger partial charge in [0, 0.05) is 12.2 Å². The Morgan fingerprint density at radius 3 is 2.79 bits per heavy atom. The van der Waals surface area contributed by atoms with Crippen LogP contribution in [0, 0.1) is 0 Å². The van der Waals surface area contributed by atoms with Gasteiger partial charge in [-0.3, -0.25) is 0 Å². The number of anilines is 2. The highest BCUT2D eigenvalue weighted by molar-refractivity contribution is 7.17. The molecule has 19 heavy (non-hydrogen) atoms. The Kier molecular flexibility index (Phi) is 3.25. The van der Waals surface area contributed by atoms with Gasteiger partial charge in [0.1, 0.15) is 4.88 Å². The normalized spacial score (nSPS) is 14.8. The molecule has 0 fully saturated rings. The standard InChI is InChI=1S/C15H15NO2S/c17-15(18)13-8-9-14(19-13)16-10-4-3-6-11-5-1-2-7-12(11)16/h1-2,5,7-9H,3-4,6,10H2,(H,17,18). The summed E-state index contributed by atoms with van der Waals surface area (Å²) in [4.78, 5) is 13.7. The molecule has 0 bridgehead atoms. The maximum Gasteiger partial charge on any atom is 0.345 e. The molecular weight excluding hydrogens is 258 g/mol. The van der Waals surface area contributed by atoms with E-state index in [9.17, 15) is 4.79 Å². The molecule has 4 heteroatoms. The van der Waals surface area contributed by atoms with Gasteiger partial charge in [-0.15, -0.1) is 11.3 Å². The van der Waals surface area contributed by atoms with Gasteiger partial charge in [-0.1, -0.05) is 18.2 Å². The molecule has 1 aliphatic heterocycles. The average Bonchev–Trinajstić information content (AvgIpc) is 2.80. The molecule has 0 aliphatic carbocycles. The van der Waals surface area contributed by atoms with Crippen LogP contribution in [0.1, 0.15) is 28.1 Å². The first-order valence-corrected chi connectivity index (χ1v) is 7.26. The van der Waals surface area contributed by atoms with E-state index in [0.29, 0.717) is 4.88 Å². The molecule has 1 aromatic heterocycles. The van der Waals surface area contributed by atoms with E-state index in [1.807, 2.05) is 12.1 Å². The number of aryl methyl sites for hydroxylation is 1. The zero-order valence-corrected chi connectivity index (χ0v) is 11.3. The van der Waals surface area contributed by atoms with Gasteiger partial charge in [0.2, 0.25) is 0 Å². The number of fused-ring (bicyclic) bond motifs is 1. The fraction of sp³-hybridized carbons (Fsp3) is 0.267. The molecule has 98 valence electrons. The number of carbonyl (C=O) groups is 1. The van der Waals surface area contributed by atoms with E-state index in [0.717, 1.165) is 24.4 Å². The number of nitrogens with zero attached hydrogens (tertiary/aromatic N) is 1. The van der Waals surface area contributed by atoms with Crippen molar-refractivity contribution in [2.75, 3.05) is 11.4 Å². The van der Waals surface area contributed by atoms with Crippen molar-refractivity contribution in [3.63, 3.8) is 0 Å². The molecule has 3 nitrogen and oxygen atoms in total. The largest absolute Gasteiger partial charge is 0.477 e. The number of rotatable bonds is 2. The van der Waals surface area contributed by atoms with Crippen LogP contribution in [-0.2, 0) is 6.42 Å². The number of thiophene rings is 1. The molecule has 2 heterocycles. The lowest BCUT2D eigenvalue weighted by molar-refractivity contribution is 0.0702. The third kappa shape index (κ3) is 2.36. The lowest BCUT2D eigenvalue weighted by atomic mass is 10.1. The van der Waals surface area contributed by atoms with Crippen molar-refractivity contribution < 1.29 is 9.90 Å². The predicted octanol–water partition coefficient (Wildman–Crippen LogP) is 3.92. The molecular formula is C15H15NO2S. The number of hydrogen-bond acceptors (Lipinski definition) is 3. The van der Waals surface area contributed by atoms with Gasteiger partial charge in [-0.05, 0) is 43.0 Å². The van der Waals surface area contributed by atoms with Gasteiger partial charge in [-0.25, -0.2) is 4.79 Å².